The quantitative estimate of drug-likeness (QED) is 0.226. The number of benzene rings is 2. The number of hydrogen-bond donors (Lipinski definition) is 1. The van der Waals surface area contributed by atoms with Gasteiger partial charge in [0.15, 0.2) is 0 Å². The van der Waals surface area contributed by atoms with Crippen LogP contribution in [0.3, 0.4) is 0 Å². The van der Waals surface area contributed by atoms with Gasteiger partial charge >= 0.3 is 11.9 Å². The number of esters is 1. The molecule has 1 aliphatic carbocycles. The van der Waals surface area contributed by atoms with E-state index in [0.717, 1.165) is 60.2 Å². The van der Waals surface area contributed by atoms with E-state index in [-0.39, 0.29) is 5.91 Å². The number of nitrogens with zero attached hydrogens (tertiary/aromatic N) is 1. The molecule has 2 aromatic rings. The van der Waals surface area contributed by atoms with E-state index in [0.29, 0.717) is 34.8 Å². The van der Waals surface area contributed by atoms with Crippen LogP contribution in [-0.4, -0.2) is 67.1 Å². The van der Waals surface area contributed by atoms with Crippen LogP contribution in [0.25, 0.3) is 11.1 Å². The summed E-state index contributed by atoms with van der Waals surface area (Å²) in [4.78, 5) is 39.3. The summed E-state index contributed by atoms with van der Waals surface area (Å²) in [5.74, 6) is 0.345. The summed E-state index contributed by atoms with van der Waals surface area (Å²) < 4.78 is 5.45. The summed E-state index contributed by atoms with van der Waals surface area (Å²) in [5.41, 5.74) is 4.53. The van der Waals surface area contributed by atoms with E-state index in [9.17, 15) is 14.4 Å². The predicted molar refractivity (Wildman–Crippen MR) is 164 cm³/mol. The van der Waals surface area contributed by atoms with Gasteiger partial charge in [-0.1, -0.05) is 49.7 Å². The Bertz CT molecular complexity index is 1160. The fourth-order valence-corrected chi connectivity index (χ4v) is 6.37. The number of carbonyl (C=O) groups excluding carboxylic acids is 3. The Morgan fingerprint density at radius 1 is 1.07 bits per heavy atom. The predicted octanol–water partition coefficient (Wildman–Crippen LogP) is 6.34. The molecule has 2 aromatic carbocycles. The minimum Gasteiger partial charge on any atom is -0.467 e. The van der Waals surface area contributed by atoms with Crippen LogP contribution < -0.4 is 5.32 Å². The number of hydrogen-bond acceptors (Lipinski definition) is 5. The third-order valence-corrected chi connectivity index (χ3v) is 9.09. The maximum absolute atomic E-state index is 13.6. The first-order valence-corrected chi connectivity index (χ1v) is 16.1. The van der Waals surface area contributed by atoms with Gasteiger partial charge in [-0.05, 0) is 85.8 Å². The maximum atomic E-state index is 13.6. The van der Waals surface area contributed by atoms with Crippen LogP contribution in [0.15, 0.2) is 42.5 Å². The molecule has 0 spiro atoms. The standard InChI is InChI=1S/C33H46N2O4S/c1-6-12-31(36)35(3,26-14-8-7-9-15-26)21-19-25-17-18-28(29(23-25)27-16-11-10-13-24(27)2)32(37)34-30(20-22-40-5)33(38)39-4/h10-11,13,16-18,23,26,30H,6-9,12,14-15,19-22H2,1-5H3/p+1/t30-,35?/m0/s1. The van der Waals surface area contributed by atoms with Crippen molar-refractivity contribution in [2.75, 3.05) is 32.7 Å². The zero-order chi connectivity index (χ0) is 29.1. The number of ether oxygens (including phenoxy) is 1. The van der Waals surface area contributed by atoms with Crippen LogP contribution in [0.5, 0.6) is 0 Å². The monoisotopic (exact) mass is 567 g/mol. The number of methoxy groups -OCH3 is 1. The molecule has 2 atom stereocenters. The van der Waals surface area contributed by atoms with E-state index in [1.807, 2.05) is 49.6 Å². The van der Waals surface area contributed by atoms with Gasteiger partial charge < -0.3 is 10.1 Å². The Labute approximate surface area is 244 Å². The molecule has 1 fully saturated rings. The molecule has 1 unspecified atom stereocenters. The topological polar surface area (TPSA) is 72.5 Å². The molecular formula is C33H47N2O4S+. The summed E-state index contributed by atoms with van der Waals surface area (Å²) >= 11 is 1.62. The number of quaternary nitrogens is 1. The van der Waals surface area contributed by atoms with Gasteiger partial charge in [0, 0.05) is 12.0 Å². The zero-order valence-electron chi connectivity index (χ0n) is 25.0. The van der Waals surface area contributed by atoms with Crippen molar-refractivity contribution in [3.8, 4) is 11.1 Å². The number of carbonyl (C=O) groups is 3. The van der Waals surface area contributed by atoms with Crippen LogP contribution >= 0.6 is 11.8 Å². The zero-order valence-corrected chi connectivity index (χ0v) is 25.8. The van der Waals surface area contributed by atoms with E-state index >= 15 is 0 Å². The molecule has 1 N–H and O–H groups in total. The lowest BCUT2D eigenvalue weighted by molar-refractivity contribution is -0.862. The smallest absolute Gasteiger partial charge is 0.328 e. The number of amides is 2. The van der Waals surface area contributed by atoms with E-state index in [1.165, 1.54) is 26.4 Å². The largest absolute Gasteiger partial charge is 0.467 e. The summed E-state index contributed by atoms with van der Waals surface area (Å²) in [7, 11) is 3.48. The molecular weight excluding hydrogens is 520 g/mol. The van der Waals surface area contributed by atoms with E-state index in [4.69, 9.17) is 4.74 Å². The highest BCUT2D eigenvalue weighted by atomic mass is 32.2. The van der Waals surface area contributed by atoms with E-state index < -0.39 is 12.0 Å². The Kier molecular flexibility index (Phi) is 12.3. The summed E-state index contributed by atoms with van der Waals surface area (Å²) in [6, 6.07) is 13.7. The Morgan fingerprint density at radius 3 is 2.45 bits per heavy atom. The van der Waals surface area contributed by atoms with Crippen molar-refractivity contribution in [1.82, 2.24) is 5.32 Å². The lowest BCUT2D eigenvalue weighted by atomic mass is 9.90. The van der Waals surface area contributed by atoms with E-state index in [2.05, 4.69) is 25.4 Å². The number of likely N-dealkylation sites (N-methyl/N-ethyl adjacent to an activating group) is 1. The highest BCUT2D eigenvalue weighted by Gasteiger charge is 2.39. The van der Waals surface area contributed by atoms with Crippen molar-refractivity contribution in [3.05, 3.63) is 59.2 Å². The van der Waals surface area contributed by atoms with Crippen LogP contribution in [0.4, 0.5) is 0 Å². The molecule has 0 aliphatic heterocycles. The molecule has 3 rings (SSSR count). The summed E-state index contributed by atoms with van der Waals surface area (Å²) in [6.07, 6.45) is 10.6. The molecule has 40 heavy (non-hydrogen) atoms. The molecule has 0 bridgehead atoms. The van der Waals surface area contributed by atoms with Gasteiger partial charge in [0.2, 0.25) is 0 Å². The molecule has 0 heterocycles. The Morgan fingerprint density at radius 2 is 1.80 bits per heavy atom. The van der Waals surface area contributed by atoms with E-state index in [1.54, 1.807) is 11.8 Å². The molecule has 1 saturated carbocycles. The van der Waals surface area contributed by atoms with Crippen molar-refractivity contribution < 1.29 is 23.6 Å². The van der Waals surface area contributed by atoms with Crippen molar-refractivity contribution in [1.29, 1.82) is 0 Å². The molecule has 6 nitrogen and oxygen atoms in total. The van der Waals surface area contributed by atoms with Gasteiger partial charge in [0.25, 0.3) is 5.91 Å². The first-order valence-electron chi connectivity index (χ1n) is 14.7. The van der Waals surface area contributed by atoms with Gasteiger partial charge in [-0.3, -0.25) is 9.28 Å². The minimum absolute atomic E-state index is 0.290. The van der Waals surface area contributed by atoms with Gasteiger partial charge in [-0.2, -0.15) is 11.8 Å². The second-order valence-electron chi connectivity index (χ2n) is 11.2. The fraction of sp³-hybridized carbons (Fsp3) is 0.545. The molecule has 0 radical (unpaired) electrons. The molecule has 218 valence electrons. The SMILES string of the molecule is CCCC(=O)[N+](C)(CCc1ccc(C(=O)N[C@@H](CCSC)C(=O)OC)c(-c2ccccc2C)c1)C1CCCCC1. The van der Waals surface area contributed by atoms with Gasteiger partial charge in [-0.25, -0.2) is 9.59 Å². The van der Waals surface area contributed by atoms with Crippen molar-refractivity contribution in [2.45, 2.75) is 83.7 Å². The van der Waals surface area contributed by atoms with Crippen molar-refractivity contribution in [2.24, 2.45) is 0 Å². The molecule has 0 aromatic heterocycles. The fourth-order valence-electron chi connectivity index (χ4n) is 5.90. The van der Waals surface area contributed by atoms with Crippen LogP contribution in [-0.2, 0) is 20.7 Å². The summed E-state index contributed by atoms with van der Waals surface area (Å²) in [5, 5.41) is 2.92. The number of rotatable bonds is 13. The number of thioether (sulfide) groups is 1. The molecule has 2 amide bonds. The van der Waals surface area contributed by atoms with Gasteiger partial charge in [0.1, 0.15) is 6.04 Å². The van der Waals surface area contributed by atoms with Crippen LogP contribution in [0, 0.1) is 6.92 Å². The number of aryl methyl sites for hydroxylation is 1. The highest BCUT2D eigenvalue weighted by Crippen LogP contribution is 2.31. The lowest BCUT2D eigenvalue weighted by Crippen LogP contribution is -2.57. The number of nitrogens with one attached hydrogen (secondary N) is 1. The maximum Gasteiger partial charge on any atom is 0.328 e. The summed E-state index contributed by atoms with van der Waals surface area (Å²) in [6.45, 7) is 4.87. The Balaban J connectivity index is 1.93. The van der Waals surface area contributed by atoms with Gasteiger partial charge in [0.05, 0.1) is 33.2 Å². The Hall–Kier alpha value is -2.64. The van der Waals surface area contributed by atoms with Crippen LogP contribution in [0.1, 0.15) is 79.8 Å². The van der Waals surface area contributed by atoms with Crippen LogP contribution in [0.2, 0.25) is 0 Å². The first kappa shape index (κ1) is 31.9. The second-order valence-corrected chi connectivity index (χ2v) is 12.2. The van der Waals surface area contributed by atoms with Crippen molar-refractivity contribution in [3.63, 3.8) is 0 Å². The molecule has 7 heteroatoms. The average molecular weight is 568 g/mol. The molecule has 1 aliphatic rings. The first-order chi connectivity index (χ1) is 19.2. The third kappa shape index (κ3) is 7.97. The van der Waals surface area contributed by atoms with Crippen molar-refractivity contribution >= 4 is 29.5 Å². The highest BCUT2D eigenvalue weighted by molar-refractivity contribution is 7.98. The van der Waals surface area contributed by atoms with Gasteiger partial charge in [-0.15, -0.1) is 0 Å². The third-order valence-electron chi connectivity index (χ3n) is 8.44. The molecule has 0 saturated heterocycles. The minimum atomic E-state index is -0.701. The lowest BCUT2D eigenvalue weighted by Gasteiger charge is -2.41. The second kappa shape index (κ2) is 15.4. The normalized spacial score (nSPS) is 16.1. The average Bonchev–Trinajstić information content (AvgIpc) is 2.98.